The van der Waals surface area contributed by atoms with Crippen molar-refractivity contribution in [3.8, 4) is 5.75 Å². The second kappa shape index (κ2) is 4.91. The Labute approximate surface area is 103 Å². The second-order valence-corrected chi connectivity index (χ2v) is 3.76. The molecule has 1 aromatic carbocycles. The Kier molecular flexibility index (Phi) is 3.32. The van der Waals surface area contributed by atoms with E-state index < -0.39 is 11.8 Å². The van der Waals surface area contributed by atoms with Gasteiger partial charge in [-0.15, -0.1) is 0 Å². The fraction of sp³-hybridized carbons (Fsp3) is 0.154. The number of carbonyl (C=O) groups is 1. The Morgan fingerprint density at radius 2 is 2.22 bits per heavy atom. The zero-order valence-corrected chi connectivity index (χ0v) is 9.64. The Morgan fingerprint density at radius 1 is 1.44 bits per heavy atom. The summed E-state index contributed by atoms with van der Waals surface area (Å²) in [5.74, 6) is -1.73. The van der Waals surface area contributed by atoms with Crippen LogP contribution < -0.4 is 4.74 Å². The summed E-state index contributed by atoms with van der Waals surface area (Å²) in [7, 11) is 0. The molecule has 5 heteroatoms. The quantitative estimate of drug-likeness (QED) is 0.906. The molecule has 18 heavy (non-hydrogen) atoms. The Hall–Kier alpha value is -2.30. The molecule has 4 nitrogen and oxygen atoms in total. The van der Waals surface area contributed by atoms with Gasteiger partial charge in [-0.3, -0.25) is 0 Å². The highest BCUT2D eigenvalue weighted by Crippen LogP contribution is 2.21. The molecule has 0 atom stereocenters. The minimum absolute atomic E-state index is 0.0570. The smallest absolute Gasteiger partial charge is 0.372 e. The number of carboxylic acids is 1. The Morgan fingerprint density at radius 3 is 2.94 bits per heavy atom. The van der Waals surface area contributed by atoms with Crippen molar-refractivity contribution >= 4 is 5.97 Å². The molecule has 0 saturated carbocycles. The predicted octanol–water partition coefficient (Wildman–Crippen LogP) is 3.00. The van der Waals surface area contributed by atoms with E-state index in [1.165, 1.54) is 18.4 Å². The minimum atomic E-state index is -1.18. The van der Waals surface area contributed by atoms with Gasteiger partial charge < -0.3 is 14.3 Å². The number of rotatable bonds is 4. The van der Waals surface area contributed by atoms with Crippen molar-refractivity contribution < 1.29 is 23.4 Å². The van der Waals surface area contributed by atoms with Gasteiger partial charge in [-0.25, -0.2) is 9.18 Å². The average Bonchev–Trinajstić information content (AvgIpc) is 2.79. The normalized spacial score (nSPS) is 10.3. The first-order chi connectivity index (χ1) is 8.59. The van der Waals surface area contributed by atoms with Crippen LogP contribution in [0, 0.1) is 12.7 Å². The summed E-state index contributed by atoms with van der Waals surface area (Å²) in [5, 5.41) is 8.83. The van der Waals surface area contributed by atoms with Crippen LogP contribution >= 0.6 is 0 Å². The standard InChI is InChI=1S/C13H11FO4/c1-8-3-2-4-10(11(8)14)18-7-9-5-6-17-12(9)13(15)16/h2-6H,7H2,1H3,(H,15,16). The van der Waals surface area contributed by atoms with Crippen molar-refractivity contribution in [2.75, 3.05) is 0 Å². The molecule has 1 aromatic heterocycles. The van der Waals surface area contributed by atoms with E-state index in [2.05, 4.69) is 0 Å². The minimum Gasteiger partial charge on any atom is -0.486 e. The number of aromatic carboxylic acids is 1. The van der Waals surface area contributed by atoms with Gasteiger partial charge in [-0.1, -0.05) is 12.1 Å². The molecular weight excluding hydrogens is 239 g/mol. The van der Waals surface area contributed by atoms with Crippen LogP contribution in [0.5, 0.6) is 5.75 Å². The summed E-state index contributed by atoms with van der Waals surface area (Å²) in [6.07, 6.45) is 1.26. The number of furan rings is 1. The van der Waals surface area contributed by atoms with Crippen LogP contribution in [0.3, 0.4) is 0 Å². The van der Waals surface area contributed by atoms with Crippen molar-refractivity contribution in [1.29, 1.82) is 0 Å². The van der Waals surface area contributed by atoms with Gasteiger partial charge >= 0.3 is 5.97 Å². The van der Waals surface area contributed by atoms with Gasteiger partial charge in [0, 0.05) is 5.56 Å². The number of ether oxygens (including phenoxy) is 1. The highest BCUT2D eigenvalue weighted by Gasteiger charge is 2.15. The van der Waals surface area contributed by atoms with Gasteiger partial charge in [-0.2, -0.15) is 0 Å². The summed E-state index contributed by atoms with van der Waals surface area (Å²) in [5.41, 5.74) is 0.835. The lowest BCUT2D eigenvalue weighted by Gasteiger charge is -2.07. The lowest BCUT2D eigenvalue weighted by Crippen LogP contribution is -2.03. The highest BCUT2D eigenvalue weighted by molar-refractivity contribution is 5.86. The monoisotopic (exact) mass is 250 g/mol. The van der Waals surface area contributed by atoms with Crippen LogP contribution in [0.15, 0.2) is 34.9 Å². The van der Waals surface area contributed by atoms with E-state index in [0.29, 0.717) is 11.1 Å². The summed E-state index contributed by atoms with van der Waals surface area (Å²) >= 11 is 0. The summed E-state index contributed by atoms with van der Waals surface area (Å²) < 4.78 is 23.7. The van der Waals surface area contributed by atoms with Gasteiger partial charge in [0.25, 0.3) is 0 Å². The molecule has 2 rings (SSSR count). The van der Waals surface area contributed by atoms with Crippen LogP contribution in [0.4, 0.5) is 4.39 Å². The SMILES string of the molecule is Cc1cccc(OCc2ccoc2C(=O)O)c1F. The van der Waals surface area contributed by atoms with E-state index in [1.807, 2.05) is 0 Å². The van der Waals surface area contributed by atoms with E-state index >= 15 is 0 Å². The molecule has 2 aromatic rings. The lowest BCUT2D eigenvalue weighted by molar-refractivity contribution is 0.0658. The van der Waals surface area contributed by atoms with Gasteiger partial charge in [0.15, 0.2) is 11.6 Å². The van der Waals surface area contributed by atoms with Crippen molar-refractivity contribution in [2.45, 2.75) is 13.5 Å². The van der Waals surface area contributed by atoms with E-state index in [9.17, 15) is 9.18 Å². The molecule has 0 radical (unpaired) electrons. The summed E-state index contributed by atoms with van der Waals surface area (Å²) in [6, 6.07) is 6.27. The van der Waals surface area contributed by atoms with E-state index in [0.717, 1.165) is 0 Å². The topological polar surface area (TPSA) is 59.7 Å². The Bertz CT molecular complexity index is 574. The molecule has 0 amide bonds. The molecule has 0 spiro atoms. The van der Waals surface area contributed by atoms with E-state index in [4.69, 9.17) is 14.3 Å². The van der Waals surface area contributed by atoms with Crippen LogP contribution in [0.1, 0.15) is 21.7 Å². The fourth-order valence-corrected chi connectivity index (χ4v) is 1.52. The summed E-state index contributed by atoms with van der Waals surface area (Å²) in [4.78, 5) is 10.8. The van der Waals surface area contributed by atoms with Crippen molar-refractivity contribution in [3.63, 3.8) is 0 Å². The molecule has 0 aliphatic carbocycles. The molecule has 0 fully saturated rings. The summed E-state index contributed by atoms with van der Waals surface area (Å²) in [6.45, 7) is 1.57. The zero-order chi connectivity index (χ0) is 13.1. The highest BCUT2D eigenvalue weighted by atomic mass is 19.1. The first-order valence-corrected chi connectivity index (χ1v) is 5.27. The first-order valence-electron chi connectivity index (χ1n) is 5.27. The molecule has 0 bridgehead atoms. The zero-order valence-electron chi connectivity index (χ0n) is 9.64. The van der Waals surface area contributed by atoms with E-state index in [-0.39, 0.29) is 18.1 Å². The number of carboxylic acid groups (broad SMARTS) is 1. The maximum absolute atomic E-state index is 13.6. The van der Waals surface area contributed by atoms with Gasteiger partial charge in [0.2, 0.25) is 5.76 Å². The largest absolute Gasteiger partial charge is 0.486 e. The first kappa shape index (κ1) is 12.2. The molecule has 0 unspecified atom stereocenters. The van der Waals surface area contributed by atoms with E-state index in [1.54, 1.807) is 19.1 Å². The number of halogens is 1. The lowest BCUT2D eigenvalue weighted by atomic mass is 10.2. The molecule has 1 heterocycles. The molecule has 0 aliphatic heterocycles. The van der Waals surface area contributed by atoms with Crippen LogP contribution in [-0.4, -0.2) is 11.1 Å². The number of benzene rings is 1. The maximum atomic E-state index is 13.6. The third-order valence-corrected chi connectivity index (χ3v) is 2.48. The molecule has 0 aliphatic rings. The van der Waals surface area contributed by atoms with Gasteiger partial charge in [0.05, 0.1) is 6.26 Å². The molecule has 1 N–H and O–H groups in total. The Balaban J connectivity index is 2.14. The molecule has 0 saturated heterocycles. The van der Waals surface area contributed by atoms with Crippen LogP contribution in [0.25, 0.3) is 0 Å². The van der Waals surface area contributed by atoms with Gasteiger partial charge in [-0.05, 0) is 24.6 Å². The number of aryl methyl sites for hydroxylation is 1. The maximum Gasteiger partial charge on any atom is 0.372 e. The van der Waals surface area contributed by atoms with Crippen molar-refractivity contribution in [1.82, 2.24) is 0 Å². The van der Waals surface area contributed by atoms with Crippen LogP contribution in [0.2, 0.25) is 0 Å². The third kappa shape index (κ3) is 2.34. The van der Waals surface area contributed by atoms with Gasteiger partial charge in [0.1, 0.15) is 6.61 Å². The predicted molar refractivity (Wildman–Crippen MR) is 61.1 cm³/mol. The van der Waals surface area contributed by atoms with Crippen molar-refractivity contribution in [2.24, 2.45) is 0 Å². The van der Waals surface area contributed by atoms with Crippen LogP contribution in [-0.2, 0) is 6.61 Å². The number of hydrogen-bond acceptors (Lipinski definition) is 3. The molecule has 94 valence electrons. The number of hydrogen-bond donors (Lipinski definition) is 1. The fourth-order valence-electron chi connectivity index (χ4n) is 1.52. The third-order valence-electron chi connectivity index (χ3n) is 2.48. The average molecular weight is 250 g/mol. The molecular formula is C13H11FO4. The van der Waals surface area contributed by atoms with Crippen molar-refractivity contribution in [3.05, 3.63) is 53.2 Å². The second-order valence-electron chi connectivity index (χ2n) is 3.76.